The minimum Gasteiger partial charge on any atom is -0.481 e. The van der Waals surface area contributed by atoms with Crippen molar-refractivity contribution in [3.63, 3.8) is 0 Å². The Labute approximate surface area is 52.3 Å². The van der Waals surface area contributed by atoms with Crippen LogP contribution in [0.2, 0.25) is 0 Å². The third kappa shape index (κ3) is 4.78. The van der Waals surface area contributed by atoms with Gasteiger partial charge in [0, 0.05) is 0 Å². The number of carboxylic acids is 1. The predicted molar refractivity (Wildman–Crippen MR) is 28.5 cm³/mol. The molecule has 0 heterocycles. The highest BCUT2D eigenvalue weighted by Crippen LogP contribution is 1.94. The summed E-state index contributed by atoms with van der Waals surface area (Å²) in [6.45, 7) is 0. The minimum atomic E-state index is -1.09. The quantitative estimate of drug-likeness (QED) is 0.549. The Hall–Kier alpha value is -1.08. The summed E-state index contributed by atoms with van der Waals surface area (Å²) in [4.78, 5) is 9.82. The standard InChI is InChI=1S/C5H7NO3/c6-2-1-4(7)3-5(8)9/h4,7H,1,3H2,(H,8,9). The maximum Gasteiger partial charge on any atom is 0.306 e. The first kappa shape index (κ1) is 7.92. The van der Waals surface area contributed by atoms with Crippen LogP contribution >= 0.6 is 0 Å². The second kappa shape index (κ2) is 3.87. The molecule has 0 bridgehead atoms. The average molecular weight is 129 g/mol. The van der Waals surface area contributed by atoms with Crippen LogP contribution in [0.15, 0.2) is 0 Å². The molecule has 0 aliphatic heterocycles. The van der Waals surface area contributed by atoms with Gasteiger partial charge in [-0.3, -0.25) is 4.79 Å². The first-order chi connectivity index (χ1) is 4.16. The number of aliphatic hydroxyl groups excluding tert-OH is 1. The van der Waals surface area contributed by atoms with Crippen LogP contribution in [-0.2, 0) is 4.79 Å². The van der Waals surface area contributed by atoms with Crippen LogP contribution in [0, 0.1) is 11.3 Å². The molecule has 0 rings (SSSR count). The van der Waals surface area contributed by atoms with Crippen LogP contribution in [0.25, 0.3) is 0 Å². The molecule has 0 radical (unpaired) electrons. The third-order valence-electron chi connectivity index (χ3n) is 0.737. The van der Waals surface area contributed by atoms with Crippen LogP contribution in [0.1, 0.15) is 12.8 Å². The van der Waals surface area contributed by atoms with Crippen LogP contribution in [0.4, 0.5) is 0 Å². The number of nitrogens with zero attached hydrogens (tertiary/aromatic N) is 1. The highest BCUT2D eigenvalue weighted by Gasteiger charge is 2.07. The topological polar surface area (TPSA) is 81.3 Å². The molecule has 0 saturated carbocycles. The lowest BCUT2D eigenvalue weighted by atomic mass is 10.2. The van der Waals surface area contributed by atoms with Crippen molar-refractivity contribution in [1.82, 2.24) is 0 Å². The second-order valence-electron chi connectivity index (χ2n) is 1.61. The highest BCUT2D eigenvalue weighted by molar-refractivity contribution is 5.67. The number of aliphatic carboxylic acids is 1. The summed E-state index contributed by atoms with van der Waals surface area (Å²) in [5.74, 6) is -1.09. The van der Waals surface area contributed by atoms with E-state index in [1.54, 1.807) is 6.07 Å². The van der Waals surface area contributed by atoms with Crippen molar-refractivity contribution in [1.29, 1.82) is 5.26 Å². The molecule has 0 fully saturated rings. The summed E-state index contributed by atoms with van der Waals surface area (Å²) >= 11 is 0. The number of rotatable bonds is 3. The predicted octanol–water partition coefficient (Wildman–Crippen LogP) is -0.264. The Morgan fingerprint density at radius 3 is 2.67 bits per heavy atom. The molecule has 0 aromatic rings. The Bertz CT molecular complexity index is 138. The van der Waals surface area contributed by atoms with Gasteiger partial charge in [-0.05, 0) is 0 Å². The number of hydrogen-bond donors (Lipinski definition) is 2. The van der Waals surface area contributed by atoms with Crippen molar-refractivity contribution in [2.45, 2.75) is 18.9 Å². The van der Waals surface area contributed by atoms with E-state index in [1.807, 2.05) is 0 Å². The molecule has 0 spiro atoms. The fourth-order valence-corrected chi connectivity index (χ4v) is 0.379. The smallest absolute Gasteiger partial charge is 0.306 e. The van der Waals surface area contributed by atoms with Crippen molar-refractivity contribution in [2.24, 2.45) is 0 Å². The summed E-state index contributed by atoms with van der Waals surface area (Å²) in [5, 5.41) is 24.6. The lowest BCUT2D eigenvalue weighted by Gasteiger charge is -1.98. The lowest BCUT2D eigenvalue weighted by molar-refractivity contribution is -0.139. The van der Waals surface area contributed by atoms with E-state index in [-0.39, 0.29) is 12.8 Å². The molecule has 0 aliphatic rings. The molecule has 2 N–H and O–H groups in total. The van der Waals surface area contributed by atoms with Gasteiger partial charge in [0.15, 0.2) is 0 Å². The zero-order valence-corrected chi connectivity index (χ0v) is 4.74. The van der Waals surface area contributed by atoms with Gasteiger partial charge in [-0.25, -0.2) is 0 Å². The molecule has 9 heavy (non-hydrogen) atoms. The average Bonchev–Trinajstić information content (AvgIpc) is 1.63. The Balaban J connectivity index is 3.40. The van der Waals surface area contributed by atoms with Gasteiger partial charge in [0.1, 0.15) is 0 Å². The molecular weight excluding hydrogens is 122 g/mol. The van der Waals surface area contributed by atoms with E-state index in [9.17, 15) is 4.79 Å². The maximum atomic E-state index is 9.82. The van der Waals surface area contributed by atoms with Gasteiger partial charge in [-0.15, -0.1) is 0 Å². The molecule has 4 heteroatoms. The summed E-state index contributed by atoms with van der Waals surface area (Å²) in [7, 11) is 0. The number of aliphatic hydroxyl groups is 1. The molecule has 4 nitrogen and oxygen atoms in total. The molecule has 1 unspecified atom stereocenters. The number of carbonyl (C=O) groups is 1. The molecule has 0 saturated heterocycles. The van der Waals surface area contributed by atoms with E-state index in [2.05, 4.69) is 0 Å². The number of hydrogen-bond acceptors (Lipinski definition) is 3. The van der Waals surface area contributed by atoms with E-state index >= 15 is 0 Å². The van der Waals surface area contributed by atoms with Crippen LogP contribution < -0.4 is 0 Å². The van der Waals surface area contributed by atoms with Gasteiger partial charge in [0.05, 0.1) is 25.0 Å². The van der Waals surface area contributed by atoms with Gasteiger partial charge in [-0.1, -0.05) is 0 Å². The van der Waals surface area contributed by atoms with E-state index in [0.29, 0.717) is 0 Å². The zero-order chi connectivity index (χ0) is 7.28. The van der Waals surface area contributed by atoms with E-state index in [1.165, 1.54) is 0 Å². The summed E-state index contributed by atoms with van der Waals surface area (Å²) < 4.78 is 0. The fourth-order valence-electron chi connectivity index (χ4n) is 0.379. The maximum absolute atomic E-state index is 9.82. The molecule has 50 valence electrons. The summed E-state index contributed by atoms with van der Waals surface area (Å²) in [6, 6.07) is 1.66. The van der Waals surface area contributed by atoms with Gasteiger partial charge in [-0.2, -0.15) is 5.26 Å². The highest BCUT2D eigenvalue weighted by atomic mass is 16.4. The van der Waals surface area contributed by atoms with E-state index in [0.717, 1.165) is 0 Å². The zero-order valence-electron chi connectivity index (χ0n) is 4.74. The molecule has 0 amide bonds. The van der Waals surface area contributed by atoms with Crippen LogP contribution in [-0.4, -0.2) is 22.3 Å². The van der Waals surface area contributed by atoms with Crippen molar-refractivity contribution in [2.75, 3.05) is 0 Å². The molecule has 1 atom stereocenters. The first-order valence-corrected chi connectivity index (χ1v) is 2.43. The molecule has 0 aromatic carbocycles. The Morgan fingerprint density at radius 2 is 2.33 bits per heavy atom. The van der Waals surface area contributed by atoms with Gasteiger partial charge in [0.2, 0.25) is 0 Å². The molecule has 0 aliphatic carbocycles. The Morgan fingerprint density at radius 1 is 1.78 bits per heavy atom. The van der Waals surface area contributed by atoms with Crippen molar-refractivity contribution < 1.29 is 15.0 Å². The summed E-state index contributed by atoms with van der Waals surface area (Å²) in [5.41, 5.74) is 0. The van der Waals surface area contributed by atoms with Crippen LogP contribution in [0.5, 0.6) is 0 Å². The van der Waals surface area contributed by atoms with E-state index < -0.39 is 12.1 Å². The van der Waals surface area contributed by atoms with Gasteiger partial charge in [0.25, 0.3) is 0 Å². The van der Waals surface area contributed by atoms with E-state index in [4.69, 9.17) is 15.5 Å². The first-order valence-electron chi connectivity index (χ1n) is 2.43. The van der Waals surface area contributed by atoms with Crippen molar-refractivity contribution >= 4 is 5.97 Å². The SMILES string of the molecule is N#CCC(O)CC(=O)O. The number of carboxylic acid groups (broad SMARTS) is 1. The largest absolute Gasteiger partial charge is 0.481 e. The Kier molecular flexibility index (Phi) is 3.40. The van der Waals surface area contributed by atoms with Crippen molar-refractivity contribution in [3.05, 3.63) is 0 Å². The molecular formula is C5H7NO3. The van der Waals surface area contributed by atoms with Crippen LogP contribution in [0.3, 0.4) is 0 Å². The van der Waals surface area contributed by atoms with Crippen molar-refractivity contribution in [3.8, 4) is 6.07 Å². The second-order valence-corrected chi connectivity index (χ2v) is 1.61. The van der Waals surface area contributed by atoms with Gasteiger partial charge >= 0.3 is 5.97 Å². The third-order valence-corrected chi connectivity index (χ3v) is 0.737. The molecule has 0 aromatic heterocycles. The summed E-state index contributed by atoms with van der Waals surface area (Å²) in [6.07, 6.45) is -1.49. The normalized spacial score (nSPS) is 12.0. The number of nitriles is 1. The monoisotopic (exact) mass is 129 g/mol. The fraction of sp³-hybridized carbons (Fsp3) is 0.600. The minimum absolute atomic E-state index is 0.119. The lowest BCUT2D eigenvalue weighted by Crippen LogP contribution is -2.11. The van der Waals surface area contributed by atoms with Gasteiger partial charge < -0.3 is 10.2 Å².